The summed E-state index contributed by atoms with van der Waals surface area (Å²) in [5.41, 5.74) is -0.476. The summed E-state index contributed by atoms with van der Waals surface area (Å²) in [6.45, 7) is 8.12. The minimum absolute atomic E-state index is 0.267. The number of ketones is 1. The molecule has 0 radical (unpaired) electrons. The van der Waals surface area contributed by atoms with E-state index in [0.29, 0.717) is 6.04 Å². The SMILES string of the molecule is CCN(CC)C[C@@H]1CCCN1/C=C/C(=O)c1ccc(C(F)(F)F)cc1. The third kappa shape index (κ3) is 5.33. The minimum atomic E-state index is -4.38. The lowest BCUT2D eigenvalue weighted by molar-refractivity contribution is -0.137. The van der Waals surface area contributed by atoms with E-state index in [1.807, 2.05) is 0 Å². The van der Waals surface area contributed by atoms with E-state index in [1.54, 1.807) is 6.20 Å². The van der Waals surface area contributed by atoms with Gasteiger partial charge in [0.2, 0.25) is 0 Å². The van der Waals surface area contributed by atoms with Crippen molar-refractivity contribution in [3.8, 4) is 0 Å². The first-order valence-corrected chi connectivity index (χ1v) is 8.73. The molecule has 0 bridgehead atoms. The summed E-state index contributed by atoms with van der Waals surface area (Å²) in [6, 6.07) is 4.73. The van der Waals surface area contributed by atoms with E-state index in [0.717, 1.165) is 51.2 Å². The van der Waals surface area contributed by atoms with Gasteiger partial charge in [0.1, 0.15) is 0 Å². The summed E-state index contributed by atoms with van der Waals surface area (Å²) in [5.74, 6) is -0.276. The maximum absolute atomic E-state index is 12.6. The summed E-state index contributed by atoms with van der Waals surface area (Å²) < 4.78 is 37.7. The predicted molar refractivity (Wildman–Crippen MR) is 92.4 cm³/mol. The molecule has 0 aromatic heterocycles. The number of likely N-dealkylation sites (tertiary alicyclic amines) is 1. The number of rotatable bonds is 7. The Balaban J connectivity index is 1.99. The van der Waals surface area contributed by atoms with Crippen LogP contribution in [0.1, 0.15) is 42.6 Å². The van der Waals surface area contributed by atoms with Crippen LogP contribution < -0.4 is 0 Å². The normalized spacial score (nSPS) is 18.5. The zero-order valence-corrected chi connectivity index (χ0v) is 14.7. The van der Waals surface area contributed by atoms with E-state index in [9.17, 15) is 18.0 Å². The van der Waals surface area contributed by atoms with Gasteiger partial charge < -0.3 is 9.80 Å². The number of allylic oxidation sites excluding steroid dienone is 1. The fourth-order valence-electron chi connectivity index (χ4n) is 3.11. The molecule has 0 aliphatic carbocycles. The lowest BCUT2D eigenvalue weighted by Gasteiger charge is -2.28. The van der Waals surface area contributed by atoms with Crippen LogP contribution >= 0.6 is 0 Å². The highest BCUT2D eigenvalue weighted by Crippen LogP contribution is 2.29. The molecule has 1 saturated heterocycles. The highest BCUT2D eigenvalue weighted by molar-refractivity contribution is 6.04. The summed E-state index contributed by atoms with van der Waals surface area (Å²) >= 11 is 0. The van der Waals surface area contributed by atoms with Gasteiger partial charge in [-0.3, -0.25) is 4.79 Å². The van der Waals surface area contributed by atoms with Crippen molar-refractivity contribution in [2.45, 2.75) is 38.9 Å². The van der Waals surface area contributed by atoms with E-state index in [2.05, 4.69) is 23.6 Å². The molecule has 1 aliphatic heterocycles. The molecule has 138 valence electrons. The number of halogens is 3. The van der Waals surface area contributed by atoms with E-state index >= 15 is 0 Å². The molecule has 0 unspecified atom stereocenters. The van der Waals surface area contributed by atoms with Gasteiger partial charge in [0.25, 0.3) is 0 Å². The predicted octanol–water partition coefficient (Wildman–Crippen LogP) is 4.21. The molecule has 6 heteroatoms. The summed E-state index contributed by atoms with van der Waals surface area (Å²) in [4.78, 5) is 16.7. The molecule has 25 heavy (non-hydrogen) atoms. The molecule has 3 nitrogen and oxygen atoms in total. The smallest absolute Gasteiger partial charge is 0.373 e. The van der Waals surface area contributed by atoms with Crippen LogP contribution in [0.25, 0.3) is 0 Å². The second-order valence-corrected chi connectivity index (χ2v) is 6.27. The zero-order valence-electron chi connectivity index (χ0n) is 14.7. The molecule has 1 aromatic rings. The number of nitrogens with zero attached hydrogens (tertiary/aromatic N) is 2. The molecule has 0 amide bonds. The molecule has 1 atom stereocenters. The first kappa shape index (κ1) is 19.5. The van der Waals surface area contributed by atoms with Gasteiger partial charge >= 0.3 is 6.18 Å². The zero-order chi connectivity index (χ0) is 18.4. The number of carbonyl (C=O) groups is 1. The number of benzene rings is 1. The first-order chi connectivity index (χ1) is 11.8. The monoisotopic (exact) mass is 354 g/mol. The number of carbonyl (C=O) groups excluding carboxylic acids is 1. The van der Waals surface area contributed by atoms with E-state index < -0.39 is 11.7 Å². The van der Waals surface area contributed by atoms with Crippen molar-refractivity contribution in [2.75, 3.05) is 26.2 Å². The number of likely N-dealkylation sites (N-methyl/N-ethyl adjacent to an activating group) is 1. The lowest BCUT2D eigenvalue weighted by Crippen LogP contribution is -2.38. The van der Waals surface area contributed by atoms with Crippen LogP contribution in [0, 0.1) is 0 Å². The second-order valence-electron chi connectivity index (χ2n) is 6.27. The highest BCUT2D eigenvalue weighted by Gasteiger charge is 2.30. The van der Waals surface area contributed by atoms with Gasteiger partial charge in [0.05, 0.1) is 5.56 Å². The Hall–Kier alpha value is -1.82. The van der Waals surface area contributed by atoms with Crippen LogP contribution in [0.2, 0.25) is 0 Å². The minimum Gasteiger partial charge on any atom is -0.373 e. The van der Waals surface area contributed by atoms with Crippen molar-refractivity contribution >= 4 is 5.78 Å². The van der Waals surface area contributed by atoms with Gasteiger partial charge in [-0.1, -0.05) is 26.0 Å². The van der Waals surface area contributed by atoms with Crippen molar-refractivity contribution in [2.24, 2.45) is 0 Å². The van der Waals surface area contributed by atoms with Gasteiger partial charge in [-0.15, -0.1) is 0 Å². The molecule has 0 saturated carbocycles. The molecular formula is C19H25F3N2O. The van der Waals surface area contributed by atoms with Gasteiger partial charge in [0.15, 0.2) is 5.78 Å². The average molecular weight is 354 g/mol. The van der Waals surface area contributed by atoms with Crippen molar-refractivity contribution in [1.82, 2.24) is 9.80 Å². The number of alkyl halides is 3. The molecule has 0 N–H and O–H groups in total. The van der Waals surface area contributed by atoms with Crippen LogP contribution in [0.15, 0.2) is 36.5 Å². The van der Waals surface area contributed by atoms with Gasteiger partial charge in [-0.25, -0.2) is 0 Å². The fraction of sp³-hybridized carbons (Fsp3) is 0.526. The van der Waals surface area contributed by atoms with E-state index in [4.69, 9.17) is 0 Å². The Morgan fingerprint density at radius 2 is 1.88 bits per heavy atom. The third-order valence-corrected chi connectivity index (χ3v) is 4.70. The highest BCUT2D eigenvalue weighted by atomic mass is 19.4. The van der Waals surface area contributed by atoms with Crippen LogP contribution in [0.4, 0.5) is 13.2 Å². The Kier molecular flexibility index (Phi) is 6.64. The first-order valence-electron chi connectivity index (χ1n) is 8.73. The van der Waals surface area contributed by atoms with Crippen LogP contribution in [0.5, 0.6) is 0 Å². The standard InChI is InChI=1S/C19H25F3N2O/c1-3-23(4-2)14-17-6-5-12-24(17)13-11-18(25)15-7-9-16(10-8-15)19(20,21)22/h7-11,13,17H,3-6,12,14H2,1-2H3/b13-11+/t17-/m0/s1. The van der Waals surface area contributed by atoms with Gasteiger partial charge in [-0.05, 0) is 38.1 Å². The van der Waals surface area contributed by atoms with Gasteiger partial charge in [-0.2, -0.15) is 13.2 Å². The Morgan fingerprint density at radius 1 is 1.24 bits per heavy atom. The van der Waals surface area contributed by atoms with Crippen molar-refractivity contribution in [3.05, 3.63) is 47.7 Å². The van der Waals surface area contributed by atoms with Crippen molar-refractivity contribution in [1.29, 1.82) is 0 Å². The van der Waals surface area contributed by atoms with Crippen LogP contribution in [0.3, 0.4) is 0 Å². The Bertz CT molecular complexity index is 592. The molecular weight excluding hydrogens is 329 g/mol. The average Bonchev–Trinajstić information content (AvgIpc) is 3.04. The maximum Gasteiger partial charge on any atom is 0.416 e. The molecule has 0 spiro atoms. The number of hydrogen-bond donors (Lipinski definition) is 0. The van der Waals surface area contributed by atoms with Crippen molar-refractivity contribution in [3.63, 3.8) is 0 Å². The van der Waals surface area contributed by atoms with Crippen LogP contribution in [-0.4, -0.2) is 47.8 Å². The van der Waals surface area contributed by atoms with Gasteiger partial charge in [0, 0.05) is 37.0 Å². The summed E-state index contributed by atoms with van der Waals surface area (Å²) in [5, 5.41) is 0. The van der Waals surface area contributed by atoms with Crippen molar-refractivity contribution < 1.29 is 18.0 Å². The fourth-order valence-corrected chi connectivity index (χ4v) is 3.11. The maximum atomic E-state index is 12.6. The molecule has 1 fully saturated rings. The third-order valence-electron chi connectivity index (χ3n) is 4.70. The summed E-state index contributed by atoms with van der Waals surface area (Å²) in [6.07, 6.45) is 1.05. The van der Waals surface area contributed by atoms with Crippen LogP contribution in [-0.2, 0) is 6.18 Å². The van der Waals surface area contributed by atoms with E-state index in [-0.39, 0.29) is 11.3 Å². The molecule has 2 rings (SSSR count). The lowest BCUT2D eigenvalue weighted by atomic mass is 10.1. The van der Waals surface area contributed by atoms with E-state index in [1.165, 1.54) is 18.2 Å². The summed E-state index contributed by atoms with van der Waals surface area (Å²) in [7, 11) is 0. The largest absolute Gasteiger partial charge is 0.416 e. The molecule has 1 heterocycles. The quantitative estimate of drug-likeness (QED) is 0.541. The topological polar surface area (TPSA) is 23.6 Å². The number of hydrogen-bond acceptors (Lipinski definition) is 3. The second kappa shape index (κ2) is 8.52. The Labute approximate surface area is 147 Å². The molecule has 1 aromatic carbocycles. The molecule has 1 aliphatic rings. The Morgan fingerprint density at radius 3 is 2.44 bits per heavy atom.